The minimum Gasteiger partial charge on any atom is -0.351 e. The zero-order valence-electron chi connectivity index (χ0n) is 10.8. The molecule has 0 aliphatic carbocycles. The normalized spacial score (nSPS) is 26.8. The van der Waals surface area contributed by atoms with Crippen molar-refractivity contribution >= 4 is 5.91 Å². The number of amides is 1. The van der Waals surface area contributed by atoms with E-state index in [0.29, 0.717) is 0 Å². The van der Waals surface area contributed by atoms with Gasteiger partial charge in [0, 0.05) is 30.6 Å². The summed E-state index contributed by atoms with van der Waals surface area (Å²) in [6, 6.07) is 0. The smallest absolute Gasteiger partial charge is 0.220 e. The zero-order valence-corrected chi connectivity index (χ0v) is 10.8. The van der Waals surface area contributed by atoms with Crippen LogP contribution in [-0.4, -0.2) is 35.0 Å². The first-order valence-electron chi connectivity index (χ1n) is 6.47. The van der Waals surface area contributed by atoms with Gasteiger partial charge in [0.05, 0.1) is 0 Å². The van der Waals surface area contributed by atoms with Crippen LogP contribution in [0.25, 0.3) is 0 Å². The number of hydrogen-bond acceptors (Lipinski definition) is 2. The molecule has 0 radical (unpaired) electrons. The van der Waals surface area contributed by atoms with Gasteiger partial charge in [0.1, 0.15) is 0 Å². The van der Waals surface area contributed by atoms with Gasteiger partial charge in [-0.1, -0.05) is 0 Å². The molecule has 0 saturated carbocycles. The number of nitrogens with zero attached hydrogens (tertiary/aromatic N) is 1. The molecule has 0 aromatic heterocycles. The highest BCUT2D eigenvalue weighted by Gasteiger charge is 2.39. The maximum atomic E-state index is 11.5. The zero-order chi connectivity index (χ0) is 11.8. The van der Waals surface area contributed by atoms with Crippen molar-refractivity contribution in [2.75, 3.05) is 13.1 Å². The van der Waals surface area contributed by atoms with Gasteiger partial charge in [-0.2, -0.15) is 0 Å². The molecule has 0 bridgehead atoms. The van der Waals surface area contributed by atoms with Crippen molar-refractivity contribution in [1.82, 2.24) is 10.2 Å². The molecule has 0 unspecified atom stereocenters. The van der Waals surface area contributed by atoms with Crippen molar-refractivity contribution in [2.45, 2.75) is 64.0 Å². The summed E-state index contributed by atoms with van der Waals surface area (Å²) in [5.74, 6) is 0.260. The van der Waals surface area contributed by atoms with Crippen molar-refractivity contribution in [3.05, 3.63) is 0 Å². The molecule has 2 heterocycles. The monoisotopic (exact) mass is 224 g/mol. The van der Waals surface area contributed by atoms with Gasteiger partial charge in [0.25, 0.3) is 0 Å². The minimum atomic E-state index is 0.136. The van der Waals surface area contributed by atoms with Gasteiger partial charge in [-0.15, -0.1) is 0 Å². The van der Waals surface area contributed by atoms with Gasteiger partial charge in [-0.05, 0) is 46.5 Å². The summed E-state index contributed by atoms with van der Waals surface area (Å²) in [4.78, 5) is 14.0. The van der Waals surface area contributed by atoms with Crippen LogP contribution < -0.4 is 5.32 Å². The van der Waals surface area contributed by atoms with Gasteiger partial charge in [-0.25, -0.2) is 0 Å². The van der Waals surface area contributed by atoms with Crippen LogP contribution in [0.1, 0.15) is 52.9 Å². The Morgan fingerprint density at radius 3 is 2.31 bits per heavy atom. The number of likely N-dealkylation sites (tertiary alicyclic amines) is 1. The Labute approximate surface area is 98.6 Å². The summed E-state index contributed by atoms with van der Waals surface area (Å²) in [5.41, 5.74) is 0.400. The predicted molar refractivity (Wildman–Crippen MR) is 65.3 cm³/mol. The lowest BCUT2D eigenvalue weighted by Crippen LogP contribution is -2.59. The Balaban J connectivity index is 1.96. The van der Waals surface area contributed by atoms with Crippen LogP contribution in [0.5, 0.6) is 0 Å². The van der Waals surface area contributed by atoms with Crippen molar-refractivity contribution in [3.63, 3.8) is 0 Å². The molecule has 2 rings (SSSR count). The molecule has 1 amide bonds. The molecule has 16 heavy (non-hydrogen) atoms. The molecule has 2 fully saturated rings. The van der Waals surface area contributed by atoms with Crippen LogP contribution >= 0.6 is 0 Å². The summed E-state index contributed by atoms with van der Waals surface area (Å²) in [5, 5.41) is 3.24. The number of piperidine rings is 2. The van der Waals surface area contributed by atoms with Gasteiger partial charge in [-0.3, -0.25) is 9.69 Å². The molecule has 0 aromatic carbocycles. The fourth-order valence-corrected chi connectivity index (χ4v) is 2.99. The second-order valence-corrected chi connectivity index (χ2v) is 6.34. The van der Waals surface area contributed by atoms with E-state index in [-0.39, 0.29) is 17.0 Å². The summed E-state index contributed by atoms with van der Waals surface area (Å²) >= 11 is 0. The maximum absolute atomic E-state index is 11.5. The van der Waals surface area contributed by atoms with Crippen molar-refractivity contribution in [2.24, 2.45) is 0 Å². The topological polar surface area (TPSA) is 32.3 Å². The molecule has 0 atom stereocenters. The van der Waals surface area contributed by atoms with Crippen LogP contribution in [0.2, 0.25) is 0 Å². The van der Waals surface area contributed by atoms with E-state index >= 15 is 0 Å². The molecule has 1 N–H and O–H groups in total. The fourth-order valence-electron chi connectivity index (χ4n) is 2.99. The molecule has 3 heteroatoms. The van der Waals surface area contributed by atoms with Gasteiger partial charge in [0.15, 0.2) is 0 Å². The summed E-state index contributed by atoms with van der Waals surface area (Å²) in [6.07, 6.45) is 5.22. The Morgan fingerprint density at radius 2 is 1.81 bits per heavy atom. The summed E-state index contributed by atoms with van der Waals surface area (Å²) in [6.45, 7) is 9.03. The first kappa shape index (κ1) is 11.9. The second kappa shape index (κ2) is 4.02. The summed E-state index contributed by atoms with van der Waals surface area (Å²) < 4.78 is 0. The number of rotatable bonds is 0. The largest absolute Gasteiger partial charge is 0.351 e. The van der Waals surface area contributed by atoms with E-state index in [1.54, 1.807) is 0 Å². The van der Waals surface area contributed by atoms with E-state index < -0.39 is 0 Å². The molecule has 2 saturated heterocycles. The minimum absolute atomic E-state index is 0.136. The standard InChI is InChI=1S/C13H24N2O/c1-12(2,3)15-9-7-13(8-10-15)6-4-5-11(16)14-13/h4-10H2,1-3H3,(H,14,16). The maximum Gasteiger partial charge on any atom is 0.220 e. The van der Waals surface area contributed by atoms with Crippen LogP contribution in [0.4, 0.5) is 0 Å². The van der Waals surface area contributed by atoms with E-state index in [2.05, 4.69) is 31.0 Å². The first-order valence-corrected chi connectivity index (χ1v) is 6.47. The number of carbonyl (C=O) groups excluding carboxylic acids is 1. The van der Waals surface area contributed by atoms with Crippen LogP contribution in [0.3, 0.4) is 0 Å². The van der Waals surface area contributed by atoms with E-state index in [0.717, 1.165) is 38.8 Å². The van der Waals surface area contributed by atoms with Crippen LogP contribution in [-0.2, 0) is 4.79 Å². The van der Waals surface area contributed by atoms with E-state index in [9.17, 15) is 4.79 Å². The van der Waals surface area contributed by atoms with Gasteiger partial charge in [0.2, 0.25) is 5.91 Å². The number of carbonyl (C=O) groups is 1. The third kappa shape index (κ3) is 2.40. The molecule has 3 nitrogen and oxygen atoms in total. The second-order valence-electron chi connectivity index (χ2n) is 6.34. The van der Waals surface area contributed by atoms with Gasteiger partial charge < -0.3 is 5.32 Å². The highest BCUT2D eigenvalue weighted by Crippen LogP contribution is 2.32. The fraction of sp³-hybridized carbons (Fsp3) is 0.923. The molecule has 2 aliphatic rings. The van der Waals surface area contributed by atoms with Crippen molar-refractivity contribution < 1.29 is 4.79 Å². The lowest BCUT2D eigenvalue weighted by atomic mass is 9.79. The Bertz CT molecular complexity index is 272. The third-order valence-corrected chi connectivity index (χ3v) is 4.13. The molecule has 1 spiro atoms. The number of nitrogens with one attached hydrogen (secondary N) is 1. The Kier molecular flexibility index (Phi) is 2.99. The summed E-state index contributed by atoms with van der Waals surface area (Å²) in [7, 11) is 0. The van der Waals surface area contributed by atoms with Gasteiger partial charge >= 0.3 is 0 Å². The first-order chi connectivity index (χ1) is 7.41. The van der Waals surface area contributed by atoms with E-state index in [1.165, 1.54) is 6.42 Å². The van der Waals surface area contributed by atoms with Crippen LogP contribution in [0, 0.1) is 0 Å². The van der Waals surface area contributed by atoms with E-state index in [4.69, 9.17) is 0 Å². The Morgan fingerprint density at radius 1 is 1.19 bits per heavy atom. The number of hydrogen-bond donors (Lipinski definition) is 1. The third-order valence-electron chi connectivity index (χ3n) is 4.13. The molecular formula is C13H24N2O. The quantitative estimate of drug-likeness (QED) is 0.682. The molecule has 2 aliphatic heterocycles. The molecular weight excluding hydrogens is 200 g/mol. The Hall–Kier alpha value is -0.570. The van der Waals surface area contributed by atoms with Crippen molar-refractivity contribution in [1.29, 1.82) is 0 Å². The molecule has 0 aromatic rings. The molecule has 92 valence electrons. The van der Waals surface area contributed by atoms with E-state index in [1.807, 2.05) is 0 Å². The SMILES string of the molecule is CC(C)(C)N1CCC2(CCCC(=O)N2)CC1. The average molecular weight is 224 g/mol. The highest BCUT2D eigenvalue weighted by atomic mass is 16.1. The van der Waals surface area contributed by atoms with Crippen molar-refractivity contribution in [3.8, 4) is 0 Å². The van der Waals surface area contributed by atoms with Crippen LogP contribution in [0.15, 0.2) is 0 Å². The lowest BCUT2D eigenvalue weighted by Gasteiger charge is -2.48. The highest BCUT2D eigenvalue weighted by molar-refractivity contribution is 5.77. The predicted octanol–water partition coefficient (Wildman–Crippen LogP) is 1.92. The average Bonchev–Trinajstić information content (AvgIpc) is 2.16. The lowest BCUT2D eigenvalue weighted by molar-refractivity contribution is -0.126.